The van der Waals surface area contributed by atoms with Crippen molar-refractivity contribution in [2.75, 3.05) is 0 Å². The number of aryl methyl sites for hydroxylation is 1. The number of aromatic nitrogens is 1. The quantitative estimate of drug-likeness (QED) is 0.658. The van der Waals surface area contributed by atoms with Gasteiger partial charge in [-0.2, -0.15) is 0 Å². The molecule has 0 aliphatic heterocycles. The van der Waals surface area contributed by atoms with Gasteiger partial charge in [0.15, 0.2) is 0 Å². The third kappa shape index (κ3) is 2.45. The maximum Gasteiger partial charge on any atom is 0.140 e. The Morgan fingerprint density at radius 1 is 1.00 bits per heavy atom. The van der Waals surface area contributed by atoms with E-state index in [0.29, 0.717) is 11.5 Å². The molecule has 4 heteroatoms. The summed E-state index contributed by atoms with van der Waals surface area (Å²) in [6.45, 7) is 1.81. The first-order chi connectivity index (χ1) is 10.1. The number of alkyl halides is 1. The molecule has 0 saturated carbocycles. The summed E-state index contributed by atoms with van der Waals surface area (Å²) in [5.74, 6) is 0.371. The molecule has 0 amide bonds. The monoisotopic (exact) mass is 301 g/mol. The Hall–Kier alpha value is -2.13. The Kier molecular flexibility index (Phi) is 3.52. The smallest absolute Gasteiger partial charge is 0.140 e. The van der Waals surface area contributed by atoms with Gasteiger partial charge in [-0.3, -0.25) is 0 Å². The van der Waals surface area contributed by atoms with Gasteiger partial charge in [0.25, 0.3) is 0 Å². The van der Waals surface area contributed by atoms with Crippen LogP contribution in [0.3, 0.4) is 0 Å². The highest BCUT2D eigenvalue weighted by Gasteiger charge is 2.37. The van der Waals surface area contributed by atoms with Gasteiger partial charge < -0.3 is 4.52 Å². The van der Waals surface area contributed by atoms with Gasteiger partial charge in [0.1, 0.15) is 22.1 Å². The maximum absolute atomic E-state index is 13.2. The molecule has 3 rings (SSSR count). The lowest BCUT2D eigenvalue weighted by molar-refractivity contribution is 0.388. The first-order valence-corrected chi connectivity index (χ1v) is 6.93. The van der Waals surface area contributed by atoms with E-state index in [2.05, 4.69) is 5.16 Å². The SMILES string of the molecule is Cc1cc(C(Cl)(c2ccccc2)c2ccc(F)cc2)no1. The third-order valence-electron chi connectivity index (χ3n) is 3.39. The van der Waals surface area contributed by atoms with Crippen LogP contribution in [0.25, 0.3) is 0 Å². The van der Waals surface area contributed by atoms with Crippen molar-refractivity contribution >= 4 is 11.6 Å². The van der Waals surface area contributed by atoms with Crippen LogP contribution in [-0.4, -0.2) is 5.16 Å². The van der Waals surface area contributed by atoms with Crippen LogP contribution in [-0.2, 0) is 4.87 Å². The summed E-state index contributed by atoms with van der Waals surface area (Å²) in [6.07, 6.45) is 0. The van der Waals surface area contributed by atoms with Crippen molar-refractivity contribution in [3.05, 3.63) is 89.1 Å². The molecule has 0 aliphatic carbocycles. The zero-order valence-corrected chi connectivity index (χ0v) is 12.1. The number of hydrogen-bond acceptors (Lipinski definition) is 2. The molecule has 0 N–H and O–H groups in total. The third-order valence-corrected chi connectivity index (χ3v) is 4.02. The Bertz CT molecular complexity index is 739. The van der Waals surface area contributed by atoms with Gasteiger partial charge in [-0.15, -0.1) is 11.6 Å². The molecular formula is C17H13ClFNO. The zero-order chi connectivity index (χ0) is 14.9. The summed E-state index contributed by atoms with van der Waals surface area (Å²) in [4.78, 5) is -1.01. The molecule has 1 atom stereocenters. The molecule has 1 heterocycles. The van der Waals surface area contributed by atoms with Gasteiger partial charge in [0.2, 0.25) is 0 Å². The number of hydrogen-bond donors (Lipinski definition) is 0. The number of rotatable bonds is 3. The molecule has 0 radical (unpaired) electrons. The van der Waals surface area contributed by atoms with Crippen LogP contribution in [0.15, 0.2) is 65.2 Å². The molecule has 0 bridgehead atoms. The van der Waals surface area contributed by atoms with E-state index in [1.165, 1.54) is 12.1 Å². The van der Waals surface area contributed by atoms with E-state index in [4.69, 9.17) is 16.1 Å². The minimum absolute atomic E-state index is 0.304. The minimum atomic E-state index is -1.01. The Morgan fingerprint density at radius 3 is 2.19 bits per heavy atom. The number of halogens is 2. The molecule has 1 aromatic heterocycles. The largest absolute Gasteiger partial charge is 0.361 e. The van der Waals surface area contributed by atoms with Crippen LogP contribution in [0.5, 0.6) is 0 Å². The minimum Gasteiger partial charge on any atom is -0.361 e. The summed E-state index contributed by atoms with van der Waals surface area (Å²) in [7, 11) is 0. The van der Waals surface area contributed by atoms with Crippen molar-refractivity contribution in [3.8, 4) is 0 Å². The van der Waals surface area contributed by atoms with Gasteiger partial charge in [-0.1, -0.05) is 47.6 Å². The summed E-state index contributed by atoms with van der Waals surface area (Å²) in [5.41, 5.74) is 2.18. The van der Waals surface area contributed by atoms with Crippen LogP contribution in [0.2, 0.25) is 0 Å². The second kappa shape index (κ2) is 5.34. The van der Waals surface area contributed by atoms with Crippen molar-refractivity contribution in [1.82, 2.24) is 5.16 Å². The predicted octanol–water partition coefficient (Wildman–Crippen LogP) is 4.65. The second-order valence-electron chi connectivity index (χ2n) is 4.85. The van der Waals surface area contributed by atoms with Crippen molar-refractivity contribution in [1.29, 1.82) is 0 Å². The van der Waals surface area contributed by atoms with Crippen LogP contribution >= 0.6 is 11.6 Å². The number of nitrogens with zero attached hydrogens (tertiary/aromatic N) is 1. The van der Waals surface area contributed by atoms with Gasteiger partial charge in [0, 0.05) is 6.07 Å². The van der Waals surface area contributed by atoms with Gasteiger partial charge >= 0.3 is 0 Å². The second-order valence-corrected chi connectivity index (χ2v) is 5.42. The van der Waals surface area contributed by atoms with Gasteiger partial charge in [0.05, 0.1) is 0 Å². The van der Waals surface area contributed by atoms with E-state index in [0.717, 1.165) is 11.1 Å². The van der Waals surface area contributed by atoms with Crippen molar-refractivity contribution < 1.29 is 8.91 Å². The summed E-state index contributed by atoms with van der Waals surface area (Å²) >= 11 is 6.94. The fraction of sp³-hybridized carbons (Fsp3) is 0.118. The molecule has 0 aliphatic rings. The van der Waals surface area contributed by atoms with Crippen LogP contribution in [0.4, 0.5) is 4.39 Å². The zero-order valence-electron chi connectivity index (χ0n) is 11.4. The highest BCUT2D eigenvalue weighted by atomic mass is 35.5. The lowest BCUT2D eigenvalue weighted by Gasteiger charge is -2.26. The molecule has 1 unspecified atom stereocenters. The van der Waals surface area contributed by atoms with Crippen molar-refractivity contribution in [2.24, 2.45) is 0 Å². The van der Waals surface area contributed by atoms with Gasteiger partial charge in [-0.25, -0.2) is 4.39 Å². The van der Waals surface area contributed by atoms with Gasteiger partial charge in [-0.05, 0) is 30.2 Å². The predicted molar refractivity (Wildman–Crippen MR) is 79.8 cm³/mol. The first-order valence-electron chi connectivity index (χ1n) is 6.55. The summed E-state index contributed by atoms with van der Waals surface area (Å²) in [6, 6.07) is 17.5. The van der Waals surface area contributed by atoms with E-state index < -0.39 is 4.87 Å². The molecule has 0 fully saturated rings. The highest BCUT2D eigenvalue weighted by Crippen LogP contribution is 2.42. The molecule has 21 heavy (non-hydrogen) atoms. The molecule has 2 aromatic carbocycles. The Labute approximate surface area is 127 Å². The topological polar surface area (TPSA) is 26.0 Å². The van der Waals surface area contributed by atoms with E-state index in [1.54, 1.807) is 18.2 Å². The van der Waals surface area contributed by atoms with E-state index >= 15 is 0 Å². The van der Waals surface area contributed by atoms with Crippen LogP contribution in [0.1, 0.15) is 22.6 Å². The van der Waals surface area contributed by atoms with E-state index in [1.807, 2.05) is 37.3 Å². The lowest BCUT2D eigenvalue weighted by Crippen LogP contribution is -2.22. The van der Waals surface area contributed by atoms with Crippen molar-refractivity contribution in [3.63, 3.8) is 0 Å². The van der Waals surface area contributed by atoms with E-state index in [-0.39, 0.29) is 5.82 Å². The Balaban J connectivity index is 2.22. The molecule has 3 aromatic rings. The van der Waals surface area contributed by atoms with Crippen LogP contribution in [0, 0.1) is 12.7 Å². The molecular weight excluding hydrogens is 289 g/mol. The molecule has 0 spiro atoms. The molecule has 106 valence electrons. The summed E-state index contributed by atoms with van der Waals surface area (Å²) in [5, 5.41) is 4.06. The van der Waals surface area contributed by atoms with E-state index in [9.17, 15) is 4.39 Å². The fourth-order valence-electron chi connectivity index (χ4n) is 2.34. The maximum atomic E-state index is 13.2. The average molecular weight is 302 g/mol. The average Bonchev–Trinajstić information content (AvgIpc) is 2.95. The van der Waals surface area contributed by atoms with Crippen LogP contribution < -0.4 is 0 Å². The lowest BCUT2D eigenvalue weighted by atomic mass is 9.87. The first kappa shape index (κ1) is 13.8. The summed E-state index contributed by atoms with van der Waals surface area (Å²) < 4.78 is 18.4. The standard InChI is InChI=1S/C17H13ClFNO/c1-12-11-16(20-21-12)17(18,13-5-3-2-4-6-13)14-7-9-15(19)10-8-14/h2-11H,1H3. The molecule has 0 saturated heterocycles. The van der Waals surface area contributed by atoms with Crippen molar-refractivity contribution in [2.45, 2.75) is 11.8 Å². The normalized spacial score (nSPS) is 13.9. The fourth-order valence-corrected chi connectivity index (χ4v) is 2.68. The highest BCUT2D eigenvalue weighted by molar-refractivity contribution is 6.28. The Morgan fingerprint density at radius 2 is 1.62 bits per heavy atom. The number of benzene rings is 2. The molecule has 2 nitrogen and oxygen atoms in total.